The van der Waals surface area contributed by atoms with E-state index in [-0.39, 0.29) is 11.8 Å². The molecule has 2 N–H and O–H groups in total. The number of amides is 2. The van der Waals surface area contributed by atoms with Crippen molar-refractivity contribution in [3.05, 3.63) is 41.5 Å². The van der Waals surface area contributed by atoms with E-state index < -0.39 is 0 Å². The summed E-state index contributed by atoms with van der Waals surface area (Å²) in [6, 6.07) is 9.24. The zero-order valence-electron chi connectivity index (χ0n) is 12.8. The zero-order chi connectivity index (χ0) is 15.7. The number of imide groups is 1. The number of hydrogen-bond acceptors (Lipinski definition) is 4. The van der Waals surface area contributed by atoms with Crippen molar-refractivity contribution in [2.24, 2.45) is 0 Å². The smallest absolute Gasteiger partial charge is 0.258 e. The van der Waals surface area contributed by atoms with Crippen LogP contribution in [0.3, 0.4) is 0 Å². The van der Waals surface area contributed by atoms with Crippen molar-refractivity contribution >= 4 is 28.3 Å². The molecule has 22 heavy (non-hydrogen) atoms. The van der Waals surface area contributed by atoms with Crippen molar-refractivity contribution in [1.29, 1.82) is 0 Å². The number of rotatable bonds is 5. The van der Waals surface area contributed by atoms with Gasteiger partial charge in [-0.05, 0) is 45.3 Å². The van der Waals surface area contributed by atoms with Crippen LogP contribution in [0.4, 0.5) is 5.69 Å². The van der Waals surface area contributed by atoms with Crippen LogP contribution in [0.15, 0.2) is 30.3 Å². The molecule has 0 bridgehead atoms. The van der Waals surface area contributed by atoms with Crippen LogP contribution < -0.4 is 10.6 Å². The first-order valence-electron chi connectivity index (χ1n) is 7.38. The highest BCUT2D eigenvalue weighted by Crippen LogP contribution is 2.31. The molecule has 0 saturated carbocycles. The third-order valence-corrected chi connectivity index (χ3v) is 3.85. The van der Waals surface area contributed by atoms with E-state index in [9.17, 15) is 9.59 Å². The molecule has 2 aromatic carbocycles. The van der Waals surface area contributed by atoms with Gasteiger partial charge in [-0.1, -0.05) is 12.1 Å². The lowest BCUT2D eigenvalue weighted by Gasteiger charge is -2.19. The Morgan fingerprint density at radius 2 is 1.77 bits per heavy atom. The van der Waals surface area contributed by atoms with E-state index in [1.54, 1.807) is 12.1 Å². The summed E-state index contributed by atoms with van der Waals surface area (Å²) in [4.78, 5) is 26.1. The lowest BCUT2D eigenvalue weighted by atomic mass is 9.94. The Hall–Kier alpha value is -2.40. The van der Waals surface area contributed by atoms with E-state index in [2.05, 4.69) is 15.5 Å². The maximum absolute atomic E-state index is 12.0. The summed E-state index contributed by atoms with van der Waals surface area (Å²) in [7, 11) is 4.10. The third-order valence-electron chi connectivity index (χ3n) is 3.85. The Morgan fingerprint density at radius 1 is 1.05 bits per heavy atom. The Labute approximate surface area is 129 Å². The first kappa shape index (κ1) is 14.5. The second-order valence-electron chi connectivity index (χ2n) is 5.76. The van der Waals surface area contributed by atoms with Crippen LogP contribution in [0.2, 0.25) is 0 Å². The number of carbonyl (C=O) groups excluding carboxylic acids is 2. The molecule has 5 heteroatoms. The Kier molecular flexibility index (Phi) is 3.81. The van der Waals surface area contributed by atoms with Crippen LogP contribution in [0.1, 0.15) is 27.1 Å². The molecule has 0 aliphatic carbocycles. The largest absolute Gasteiger partial charge is 0.384 e. The van der Waals surface area contributed by atoms with Gasteiger partial charge in [-0.3, -0.25) is 14.9 Å². The van der Waals surface area contributed by atoms with E-state index >= 15 is 0 Å². The summed E-state index contributed by atoms with van der Waals surface area (Å²) in [5.41, 5.74) is 2.08. The summed E-state index contributed by atoms with van der Waals surface area (Å²) in [5, 5.41) is 7.45. The highest BCUT2D eigenvalue weighted by atomic mass is 16.2. The van der Waals surface area contributed by atoms with Crippen LogP contribution in [0, 0.1) is 0 Å². The van der Waals surface area contributed by atoms with Crippen LogP contribution in [-0.4, -0.2) is 43.9 Å². The molecule has 0 saturated heterocycles. The standard InChI is InChI=1S/C17H19N3O2/c1-20(2)10-4-9-18-14-8-7-13-15-11(14)5-3-6-12(15)16(21)19-17(13)22/h3,5-8,18H,4,9-10H2,1-2H3,(H,19,21,22). The van der Waals surface area contributed by atoms with Gasteiger partial charge in [0.15, 0.2) is 0 Å². The van der Waals surface area contributed by atoms with Gasteiger partial charge in [0.25, 0.3) is 11.8 Å². The SMILES string of the molecule is CN(C)CCCNc1ccc2c3c(cccc13)C(=O)NC2=O. The molecule has 0 radical (unpaired) electrons. The van der Waals surface area contributed by atoms with Crippen molar-refractivity contribution in [1.82, 2.24) is 10.2 Å². The molecule has 114 valence electrons. The molecule has 3 rings (SSSR count). The van der Waals surface area contributed by atoms with E-state index in [0.29, 0.717) is 11.1 Å². The molecule has 0 unspecified atom stereocenters. The van der Waals surface area contributed by atoms with E-state index in [1.807, 2.05) is 32.3 Å². The van der Waals surface area contributed by atoms with Crippen molar-refractivity contribution in [2.75, 3.05) is 32.5 Å². The highest BCUT2D eigenvalue weighted by Gasteiger charge is 2.25. The average Bonchev–Trinajstić information content (AvgIpc) is 2.49. The number of nitrogens with zero attached hydrogens (tertiary/aromatic N) is 1. The molecule has 1 heterocycles. The molecule has 2 amide bonds. The van der Waals surface area contributed by atoms with Crippen LogP contribution in [0.25, 0.3) is 10.8 Å². The summed E-state index contributed by atoms with van der Waals surface area (Å²) < 4.78 is 0. The van der Waals surface area contributed by atoms with Gasteiger partial charge in [-0.15, -0.1) is 0 Å². The molecule has 5 nitrogen and oxygen atoms in total. The van der Waals surface area contributed by atoms with Gasteiger partial charge in [0.1, 0.15) is 0 Å². The first-order valence-corrected chi connectivity index (χ1v) is 7.38. The predicted molar refractivity (Wildman–Crippen MR) is 87.4 cm³/mol. The normalized spacial score (nSPS) is 13.6. The summed E-state index contributed by atoms with van der Waals surface area (Å²) >= 11 is 0. The quantitative estimate of drug-likeness (QED) is 0.655. The average molecular weight is 297 g/mol. The topological polar surface area (TPSA) is 61.4 Å². The predicted octanol–water partition coefficient (Wildman–Crippen LogP) is 2.09. The van der Waals surface area contributed by atoms with E-state index in [1.165, 1.54) is 0 Å². The lowest BCUT2D eigenvalue weighted by Crippen LogP contribution is -2.34. The van der Waals surface area contributed by atoms with Crippen molar-refractivity contribution in [3.8, 4) is 0 Å². The van der Waals surface area contributed by atoms with Crippen LogP contribution in [0.5, 0.6) is 0 Å². The summed E-state index contributed by atoms with van der Waals surface area (Å²) in [5.74, 6) is -0.652. The number of hydrogen-bond donors (Lipinski definition) is 2. The molecule has 2 aromatic rings. The van der Waals surface area contributed by atoms with E-state index in [4.69, 9.17) is 0 Å². The molecule has 1 aliphatic rings. The Bertz CT molecular complexity index is 733. The minimum Gasteiger partial charge on any atom is -0.384 e. The molecule has 0 aromatic heterocycles. The van der Waals surface area contributed by atoms with Crippen molar-refractivity contribution in [3.63, 3.8) is 0 Å². The fraction of sp³-hybridized carbons (Fsp3) is 0.294. The van der Waals surface area contributed by atoms with Crippen molar-refractivity contribution < 1.29 is 9.59 Å². The van der Waals surface area contributed by atoms with Crippen LogP contribution >= 0.6 is 0 Å². The summed E-state index contributed by atoms with van der Waals surface area (Å²) in [6.07, 6.45) is 1.02. The van der Waals surface area contributed by atoms with Gasteiger partial charge in [0, 0.05) is 34.1 Å². The first-order chi connectivity index (χ1) is 10.6. The fourth-order valence-electron chi connectivity index (χ4n) is 2.80. The van der Waals surface area contributed by atoms with Gasteiger partial charge in [-0.25, -0.2) is 0 Å². The Morgan fingerprint density at radius 3 is 2.50 bits per heavy atom. The van der Waals surface area contributed by atoms with Crippen molar-refractivity contribution in [2.45, 2.75) is 6.42 Å². The highest BCUT2D eigenvalue weighted by molar-refractivity contribution is 6.26. The van der Waals surface area contributed by atoms with Gasteiger partial charge in [0.2, 0.25) is 0 Å². The Balaban J connectivity index is 1.96. The second-order valence-corrected chi connectivity index (χ2v) is 5.76. The van der Waals surface area contributed by atoms with Gasteiger partial charge in [0.05, 0.1) is 0 Å². The molecule has 1 aliphatic heterocycles. The maximum Gasteiger partial charge on any atom is 0.258 e. The number of nitrogens with one attached hydrogen (secondary N) is 2. The summed E-state index contributed by atoms with van der Waals surface area (Å²) in [6.45, 7) is 1.85. The van der Waals surface area contributed by atoms with Crippen LogP contribution in [-0.2, 0) is 0 Å². The van der Waals surface area contributed by atoms with Gasteiger partial charge in [-0.2, -0.15) is 0 Å². The monoisotopic (exact) mass is 297 g/mol. The van der Waals surface area contributed by atoms with Gasteiger partial charge >= 0.3 is 0 Å². The number of benzene rings is 2. The number of carbonyl (C=O) groups is 2. The third kappa shape index (κ3) is 2.55. The van der Waals surface area contributed by atoms with Gasteiger partial charge < -0.3 is 10.2 Å². The molecular formula is C17H19N3O2. The molecule has 0 atom stereocenters. The zero-order valence-corrected chi connectivity index (χ0v) is 12.8. The minimum atomic E-state index is -0.326. The minimum absolute atomic E-state index is 0.326. The number of anilines is 1. The van der Waals surface area contributed by atoms with E-state index in [0.717, 1.165) is 36.0 Å². The maximum atomic E-state index is 12.0. The molecule has 0 fully saturated rings. The second kappa shape index (κ2) is 5.77. The fourth-order valence-corrected chi connectivity index (χ4v) is 2.80. The molecule has 0 spiro atoms. The molecular weight excluding hydrogens is 278 g/mol. The lowest BCUT2D eigenvalue weighted by molar-refractivity contribution is 0.0845.